The van der Waals surface area contributed by atoms with Crippen LogP contribution in [0, 0.1) is 0 Å². The number of carboxylic acids is 1. The van der Waals surface area contributed by atoms with Gasteiger partial charge in [0.05, 0.1) is 5.02 Å². The van der Waals surface area contributed by atoms with Crippen molar-refractivity contribution in [2.75, 3.05) is 0 Å². The SMILES string of the molecule is O=C(O)c1scc(Cl)c1OCc1cccc(Cl)c1. The molecule has 0 aliphatic rings. The summed E-state index contributed by atoms with van der Waals surface area (Å²) >= 11 is 12.8. The van der Waals surface area contributed by atoms with Crippen LogP contribution in [0.4, 0.5) is 0 Å². The average Bonchev–Trinajstić information content (AvgIpc) is 2.68. The van der Waals surface area contributed by atoms with Crippen LogP contribution >= 0.6 is 34.5 Å². The largest absolute Gasteiger partial charge is 0.486 e. The first-order valence-corrected chi connectivity index (χ1v) is 6.59. The number of carboxylic acid groups (broad SMARTS) is 1. The minimum Gasteiger partial charge on any atom is -0.486 e. The second kappa shape index (κ2) is 5.61. The van der Waals surface area contributed by atoms with Crippen molar-refractivity contribution in [3.63, 3.8) is 0 Å². The van der Waals surface area contributed by atoms with Gasteiger partial charge in [-0.1, -0.05) is 35.3 Å². The fourth-order valence-electron chi connectivity index (χ4n) is 1.39. The molecule has 1 aromatic carbocycles. The molecule has 3 nitrogen and oxygen atoms in total. The van der Waals surface area contributed by atoms with Crippen molar-refractivity contribution in [3.05, 3.63) is 50.1 Å². The highest BCUT2D eigenvalue weighted by molar-refractivity contribution is 7.13. The standard InChI is InChI=1S/C12H8Cl2O3S/c13-8-3-1-2-7(4-8)5-17-10-9(14)6-18-11(10)12(15)16/h1-4,6H,5H2,(H,15,16). The lowest BCUT2D eigenvalue weighted by atomic mass is 10.2. The Kier molecular flexibility index (Phi) is 4.11. The molecule has 0 aliphatic heterocycles. The summed E-state index contributed by atoms with van der Waals surface area (Å²) in [6.07, 6.45) is 0. The van der Waals surface area contributed by atoms with Gasteiger partial charge in [-0.15, -0.1) is 11.3 Å². The van der Waals surface area contributed by atoms with E-state index in [1.54, 1.807) is 18.2 Å². The summed E-state index contributed by atoms with van der Waals surface area (Å²) in [5, 5.41) is 11.4. The summed E-state index contributed by atoms with van der Waals surface area (Å²) < 4.78 is 5.45. The molecule has 0 spiro atoms. The van der Waals surface area contributed by atoms with Gasteiger partial charge in [0.2, 0.25) is 0 Å². The Morgan fingerprint density at radius 3 is 2.83 bits per heavy atom. The first-order valence-electron chi connectivity index (χ1n) is 4.95. The fourth-order valence-corrected chi connectivity index (χ4v) is 2.65. The summed E-state index contributed by atoms with van der Waals surface area (Å²) in [7, 11) is 0. The van der Waals surface area contributed by atoms with E-state index in [1.165, 1.54) is 5.38 Å². The Bertz CT molecular complexity index is 580. The second-order valence-corrected chi connectivity index (χ2v) is 5.19. The molecule has 1 heterocycles. The summed E-state index contributed by atoms with van der Waals surface area (Å²) in [4.78, 5) is 11.1. The molecule has 18 heavy (non-hydrogen) atoms. The van der Waals surface area contributed by atoms with Gasteiger partial charge < -0.3 is 9.84 Å². The second-order valence-electron chi connectivity index (χ2n) is 3.47. The molecule has 94 valence electrons. The lowest BCUT2D eigenvalue weighted by Crippen LogP contribution is -2.00. The molecule has 6 heteroatoms. The van der Waals surface area contributed by atoms with Gasteiger partial charge in [-0.2, -0.15) is 0 Å². The lowest BCUT2D eigenvalue weighted by Gasteiger charge is -2.06. The monoisotopic (exact) mass is 302 g/mol. The molecule has 2 rings (SSSR count). The maximum Gasteiger partial charge on any atom is 0.349 e. The Balaban J connectivity index is 2.15. The van der Waals surface area contributed by atoms with Crippen LogP contribution in [0.3, 0.4) is 0 Å². The Morgan fingerprint density at radius 2 is 2.17 bits per heavy atom. The van der Waals surface area contributed by atoms with Gasteiger partial charge in [-0.3, -0.25) is 0 Å². The number of ether oxygens (including phenoxy) is 1. The first-order chi connectivity index (χ1) is 8.58. The molecule has 0 aliphatic carbocycles. The van der Waals surface area contributed by atoms with Crippen molar-refractivity contribution < 1.29 is 14.6 Å². The van der Waals surface area contributed by atoms with E-state index in [1.807, 2.05) is 6.07 Å². The fraction of sp³-hybridized carbons (Fsp3) is 0.0833. The van der Waals surface area contributed by atoms with Crippen LogP contribution in [0.1, 0.15) is 15.2 Å². The molecule has 1 aromatic heterocycles. The maximum absolute atomic E-state index is 11.0. The third-order valence-electron chi connectivity index (χ3n) is 2.17. The molecule has 0 fully saturated rings. The van der Waals surface area contributed by atoms with Gasteiger partial charge >= 0.3 is 5.97 Å². The Hall–Kier alpha value is -1.23. The summed E-state index contributed by atoms with van der Waals surface area (Å²) in [6.45, 7) is 0.220. The van der Waals surface area contributed by atoms with E-state index in [9.17, 15) is 4.79 Å². The zero-order chi connectivity index (χ0) is 13.1. The molecular weight excluding hydrogens is 295 g/mol. The predicted molar refractivity (Wildman–Crippen MR) is 72.1 cm³/mol. The van der Waals surface area contributed by atoms with Gasteiger partial charge in [0.15, 0.2) is 10.6 Å². The number of halogens is 2. The summed E-state index contributed by atoms with van der Waals surface area (Å²) in [5.74, 6) is -0.845. The van der Waals surface area contributed by atoms with Crippen molar-refractivity contribution in [2.24, 2.45) is 0 Å². The van der Waals surface area contributed by atoms with Gasteiger partial charge in [0, 0.05) is 10.4 Å². The van der Waals surface area contributed by atoms with Crippen LogP contribution in [-0.4, -0.2) is 11.1 Å². The number of aromatic carboxylic acids is 1. The van der Waals surface area contributed by atoms with Crippen molar-refractivity contribution in [1.29, 1.82) is 0 Å². The minimum atomic E-state index is -1.05. The highest BCUT2D eigenvalue weighted by Gasteiger charge is 2.17. The van der Waals surface area contributed by atoms with E-state index >= 15 is 0 Å². The van der Waals surface area contributed by atoms with Crippen LogP contribution < -0.4 is 4.74 Å². The zero-order valence-corrected chi connectivity index (χ0v) is 11.4. The highest BCUT2D eigenvalue weighted by atomic mass is 35.5. The van der Waals surface area contributed by atoms with E-state index < -0.39 is 5.97 Å². The molecule has 2 aromatic rings. The van der Waals surface area contributed by atoms with E-state index in [0.717, 1.165) is 16.9 Å². The Labute approximate surface area is 118 Å². The predicted octanol–water partition coefficient (Wildman–Crippen LogP) is 4.33. The minimum absolute atomic E-state index is 0.0991. The number of hydrogen-bond acceptors (Lipinski definition) is 3. The van der Waals surface area contributed by atoms with Gasteiger partial charge in [0.25, 0.3) is 0 Å². The van der Waals surface area contributed by atoms with Crippen molar-refractivity contribution in [1.82, 2.24) is 0 Å². The number of rotatable bonds is 4. The summed E-state index contributed by atoms with van der Waals surface area (Å²) in [6, 6.07) is 7.15. The van der Waals surface area contributed by atoms with E-state index in [2.05, 4.69) is 0 Å². The lowest BCUT2D eigenvalue weighted by molar-refractivity contribution is 0.0697. The number of thiophene rings is 1. The van der Waals surface area contributed by atoms with Gasteiger partial charge in [0.1, 0.15) is 6.61 Å². The maximum atomic E-state index is 11.0. The van der Waals surface area contributed by atoms with E-state index in [-0.39, 0.29) is 17.2 Å². The molecule has 0 saturated carbocycles. The topological polar surface area (TPSA) is 46.5 Å². The Morgan fingerprint density at radius 1 is 1.39 bits per heavy atom. The third-order valence-corrected chi connectivity index (χ3v) is 3.76. The number of hydrogen-bond donors (Lipinski definition) is 1. The average molecular weight is 303 g/mol. The smallest absolute Gasteiger partial charge is 0.349 e. The normalized spacial score (nSPS) is 10.3. The van der Waals surface area contributed by atoms with Crippen molar-refractivity contribution in [3.8, 4) is 5.75 Å². The van der Waals surface area contributed by atoms with Gasteiger partial charge in [-0.25, -0.2) is 4.79 Å². The highest BCUT2D eigenvalue weighted by Crippen LogP contribution is 2.35. The number of benzene rings is 1. The van der Waals surface area contributed by atoms with Crippen LogP contribution in [0.5, 0.6) is 5.75 Å². The van der Waals surface area contributed by atoms with Crippen molar-refractivity contribution >= 4 is 40.5 Å². The zero-order valence-electron chi connectivity index (χ0n) is 9.02. The third kappa shape index (κ3) is 2.96. The van der Waals surface area contributed by atoms with Crippen LogP contribution in [0.25, 0.3) is 0 Å². The molecule has 1 N–H and O–H groups in total. The van der Waals surface area contributed by atoms with E-state index in [0.29, 0.717) is 10.0 Å². The van der Waals surface area contributed by atoms with Gasteiger partial charge in [-0.05, 0) is 17.7 Å². The molecule has 0 unspecified atom stereocenters. The van der Waals surface area contributed by atoms with Crippen LogP contribution in [0.2, 0.25) is 10.0 Å². The molecule has 0 radical (unpaired) electrons. The number of carbonyl (C=O) groups is 1. The molecule has 0 bridgehead atoms. The molecule has 0 amide bonds. The molecule has 0 atom stereocenters. The molecular formula is C12H8Cl2O3S. The van der Waals surface area contributed by atoms with Crippen LogP contribution in [-0.2, 0) is 6.61 Å². The van der Waals surface area contributed by atoms with E-state index in [4.69, 9.17) is 33.0 Å². The van der Waals surface area contributed by atoms with Crippen molar-refractivity contribution in [2.45, 2.75) is 6.61 Å². The first kappa shape index (κ1) is 13.2. The quantitative estimate of drug-likeness (QED) is 0.914. The van der Waals surface area contributed by atoms with Crippen LogP contribution in [0.15, 0.2) is 29.6 Å². The molecule has 0 saturated heterocycles. The summed E-state index contributed by atoms with van der Waals surface area (Å²) in [5.41, 5.74) is 0.848.